The van der Waals surface area contributed by atoms with Crippen LogP contribution in [-0.4, -0.2) is 11.0 Å². The van der Waals surface area contributed by atoms with Crippen molar-refractivity contribution in [3.05, 3.63) is 81.6 Å². The number of hydrogen-bond donors (Lipinski definition) is 0. The van der Waals surface area contributed by atoms with Crippen molar-refractivity contribution in [2.45, 2.75) is 20.1 Å². The van der Waals surface area contributed by atoms with Gasteiger partial charge < -0.3 is 9.47 Å². The fourth-order valence-corrected chi connectivity index (χ4v) is 2.80. The third kappa shape index (κ3) is 4.87. The standard InChI is InChI=1S/C19H16FNO3S/c1-13-21-17(12-25-13)11-23-18-7-3-5-15(9-18)19(22)24-10-14-4-2-6-16(20)8-14/h2-9,12H,10-11H2,1H3. The van der Waals surface area contributed by atoms with E-state index in [1.54, 1.807) is 47.7 Å². The highest BCUT2D eigenvalue weighted by Crippen LogP contribution is 2.17. The quantitative estimate of drug-likeness (QED) is 0.608. The normalized spacial score (nSPS) is 10.5. The molecule has 0 aliphatic heterocycles. The molecule has 4 nitrogen and oxygen atoms in total. The minimum Gasteiger partial charge on any atom is -0.487 e. The summed E-state index contributed by atoms with van der Waals surface area (Å²) in [5.41, 5.74) is 1.82. The van der Waals surface area contributed by atoms with E-state index in [2.05, 4.69) is 4.98 Å². The third-order valence-corrected chi connectivity index (χ3v) is 4.20. The van der Waals surface area contributed by atoms with Crippen molar-refractivity contribution in [2.24, 2.45) is 0 Å². The van der Waals surface area contributed by atoms with Crippen molar-refractivity contribution in [3.63, 3.8) is 0 Å². The van der Waals surface area contributed by atoms with E-state index >= 15 is 0 Å². The molecule has 1 aromatic heterocycles. The van der Waals surface area contributed by atoms with Gasteiger partial charge in [0.2, 0.25) is 0 Å². The molecular weight excluding hydrogens is 341 g/mol. The first-order chi connectivity index (χ1) is 12.1. The maximum Gasteiger partial charge on any atom is 0.338 e. The third-order valence-electron chi connectivity index (χ3n) is 3.38. The van der Waals surface area contributed by atoms with Crippen molar-refractivity contribution in [1.29, 1.82) is 0 Å². The summed E-state index contributed by atoms with van der Waals surface area (Å²) in [5.74, 6) is -0.286. The highest BCUT2D eigenvalue weighted by atomic mass is 32.1. The Hall–Kier alpha value is -2.73. The molecule has 0 spiro atoms. The zero-order chi connectivity index (χ0) is 17.6. The molecule has 2 aromatic carbocycles. The summed E-state index contributed by atoms with van der Waals surface area (Å²) in [7, 11) is 0. The SMILES string of the molecule is Cc1nc(COc2cccc(C(=O)OCc3cccc(F)c3)c2)cs1. The van der Waals surface area contributed by atoms with Gasteiger partial charge in [-0.3, -0.25) is 0 Å². The van der Waals surface area contributed by atoms with E-state index in [0.717, 1.165) is 10.7 Å². The summed E-state index contributed by atoms with van der Waals surface area (Å²) in [6.45, 7) is 2.29. The largest absolute Gasteiger partial charge is 0.487 e. The van der Waals surface area contributed by atoms with Gasteiger partial charge in [-0.05, 0) is 42.8 Å². The molecule has 3 aromatic rings. The minimum absolute atomic E-state index is 0.0137. The highest BCUT2D eigenvalue weighted by Gasteiger charge is 2.09. The number of carbonyl (C=O) groups is 1. The van der Waals surface area contributed by atoms with Crippen LogP contribution in [0.3, 0.4) is 0 Å². The first kappa shape index (κ1) is 17.1. The maximum absolute atomic E-state index is 13.1. The summed E-state index contributed by atoms with van der Waals surface area (Å²) in [4.78, 5) is 16.5. The van der Waals surface area contributed by atoms with Gasteiger partial charge in [0, 0.05) is 5.38 Å². The lowest BCUT2D eigenvalue weighted by Crippen LogP contribution is -2.06. The molecule has 0 N–H and O–H groups in total. The number of benzene rings is 2. The Morgan fingerprint density at radius 3 is 2.76 bits per heavy atom. The average Bonchev–Trinajstić information content (AvgIpc) is 3.03. The van der Waals surface area contributed by atoms with Crippen molar-refractivity contribution in [1.82, 2.24) is 4.98 Å². The van der Waals surface area contributed by atoms with E-state index < -0.39 is 5.97 Å². The number of hydrogen-bond acceptors (Lipinski definition) is 5. The van der Waals surface area contributed by atoms with Crippen LogP contribution in [-0.2, 0) is 18.0 Å². The summed E-state index contributed by atoms with van der Waals surface area (Å²) in [6.07, 6.45) is 0. The number of carbonyl (C=O) groups excluding carboxylic acids is 1. The Balaban J connectivity index is 1.59. The second-order valence-corrected chi connectivity index (χ2v) is 6.44. The molecule has 0 saturated heterocycles. The Kier molecular flexibility index (Phi) is 5.40. The molecular formula is C19H16FNO3S. The lowest BCUT2D eigenvalue weighted by Gasteiger charge is -2.08. The van der Waals surface area contributed by atoms with Gasteiger partial charge in [-0.15, -0.1) is 11.3 Å². The molecule has 0 fully saturated rings. The number of rotatable bonds is 6. The van der Waals surface area contributed by atoms with E-state index in [-0.39, 0.29) is 12.4 Å². The second kappa shape index (κ2) is 7.90. The van der Waals surface area contributed by atoms with Gasteiger partial charge >= 0.3 is 5.97 Å². The summed E-state index contributed by atoms with van der Waals surface area (Å²) < 4.78 is 24.0. The number of esters is 1. The Morgan fingerprint density at radius 2 is 2.00 bits per heavy atom. The number of ether oxygens (including phenoxy) is 2. The number of nitrogens with zero attached hydrogens (tertiary/aromatic N) is 1. The number of aromatic nitrogens is 1. The van der Waals surface area contributed by atoms with Crippen LogP contribution in [0.15, 0.2) is 53.9 Å². The van der Waals surface area contributed by atoms with Crippen LogP contribution < -0.4 is 4.74 Å². The van der Waals surface area contributed by atoms with Gasteiger partial charge in [-0.1, -0.05) is 18.2 Å². The predicted octanol–water partition coefficient (Wildman–Crippen LogP) is 4.53. The van der Waals surface area contributed by atoms with Gasteiger partial charge in [0.05, 0.1) is 16.3 Å². The fourth-order valence-electron chi connectivity index (χ4n) is 2.20. The minimum atomic E-state index is -0.487. The molecule has 0 saturated carbocycles. The van der Waals surface area contributed by atoms with Crippen LogP contribution in [0.1, 0.15) is 26.6 Å². The topological polar surface area (TPSA) is 48.4 Å². The van der Waals surface area contributed by atoms with E-state index in [4.69, 9.17) is 9.47 Å². The van der Waals surface area contributed by atoms with E-state index in [0.29, 0.717) is 23.5 Å². The van der Waals surface area contributed by atoms with Crippen LogP contribution in [0.5, 0.6) is 5.75 Å². The fraction of sp³-hybridized carbons (Fsp3) is 0.158. The average molecular weight is 357 g/mol. The zero-order valence-electron chi connectivity index (χ0n) is 13.6. The molecule has 25 heavy (non-hydrogen) atoms. The lowest BCUT2D eigenvalue weighted by atomic mass is 10.2. The van der Waals surface area contributed by atoms with Gasteiger partial charge in [0.15, 0.2) is 0 Å². The number of aryl methyl sites for hydroxylation is 1. The second-order valence-electron chi connectivity index (χ2n) is 5.38. The molecule has 0 bridgehead atoms. The molecule has 6 heteroatoms. The Bertz CT molecular complexity index is 878. The van der Waals surface area contributed by atoms with E-state index in [9.17, 15) is 9.18 Å². The molecule has 0 radical (unpaired) electrons. The lowest BCUT2D eigenvalue weighted by molar-refractivity contribution is 0.0472. The van der Waals surface area contributed by atoms with Crippen LogP contribution in [0.4, 0.5) is 4.39 Å². The maximum atomic E-state index is 13.1. The molecule has 128 valence electrons. The van der Waals surface area contributed by atoms with E-state index in [1.165, 1.54) is 12.1 Å². The van der Waals surface area contributed by atoms with Gasteiger partial charge in [-0.2, -0.15) is 0 Å². The number of thiazole rings is 1. The molecule has 3 rings (SSSR count). The summed E-state index contributed by atoms with van der Waals surface area (Å²) >= 11 is 1.56. The van der Waals surface area contributed by atoms with Crippen molar-refractivity contribution in [2.75, 3.05) is 0 Å². The van der Waals surface area contributed by atoms with Crippen LogP contribution >= 0.6 is 11.3 Å². The van der Waals surface area contributed by atoms with E-state index in [1.807, 2.05) is 12.3 Å². The van der Waals surface area contributed by atoms with Crippen LogP contribution in [0.25, 0.3) is 0 Å². The molecule has 0 atom stereocenters. The van der Waals surface area contributed by atoms with Crippen molar-refractivity contribution in [3.8, 4) is 5.75 Å². The Morgan fingerprint density at radius 1 is 1.16 bits per heavy atom. The molecule has 0 amide bonds. The summed E-state index contributed by atoms with van der Waals surface area (Å²) in [6, 6.07) is 12.7. The zero-order valence-corrected chi connectivity index (χ0v) is 14.4. The van der Waals surface area contributed by atoms with Gasteiger partial charge in [0.1, 0.15) is 24.8 Å². The predicted molar refractivity (Wildman–Crippen MR) is 93.1 cm³/mol. The van der Waals surface area contributed by atoms with Crippen LogP contribution in [0, 0.1) is 12.7 Å². The van der Waals surface area contributed by atoms with Gasteiger partial charge in [-0.25, -0.2) is 14.2 Å². The summed E-state index contributed by atoms with van der Waals surface area (Å²) in [5, 5.41) is 2.92. The molecule has 0 aliphatic carbocycles. The monoisotopic (exact) mass is 357 g/mol. The first-order valence-electron chi connectivity index (χ1n) is 7.65. The Labute approximate surface area is 148 Å². The van der Waals surface area contributed by atoms with Crippen molar-refractivity contribution < 1.29 is 18.7 Å². The molecule has 0 unspecified atom stereocenters. The molecule has 0 aliphatic rings. The van der Waals surface area contributed by atoms with Crippen LogP contribution in [0.2, 0.25) is 0 Å². The smallest absolute Gasteiger partial charge is 0.338 e. The number of halogens is 1. The molecule has 1 heterocycles. The van der Waals surface area contributed by atoms with Crippen molar-refractivity contribution >= 4 is 17.3 Å². The first-order valence-corrected chi connectivity index (χ1v) is 8.53. The highest BCUT2D eigenvalue weighted by molar-refractivity contribution is 7.09. The van der Waals surface area contributed by atoms with Gasteiger partial charge in [0.25, 0.3) is 0 Å².